The maximum Gasteiger partial charge on any atom is 0.0994 e. The molecule has 0 amide bonds. The topological polar surface area (TPSA) is 23.8 Å². The molecule has 0 aromatic heterocycles. The molecule has 0 saturated heterocycles. The molecule has 1 nitrogen and oxygen atoms in total. The van der Waals surface area contributed by atoms with Crippen LogP contribution >= 0.6 is 31.9 Å². The van der Waals surface area contributed by atoms with Crippen LogP contribution in [0.5, 0.6) is 0 Å². The minimum absolute atomic E-state index is 0.708. The van der Waals surface area contributed by atoms with Gasteiger partial charge in [0.25, 0.3) is 0 Å². The first-order valence-electron chi connectivity index (χ1n) is 3.01. The molecule has 56 valence electrons. The maximum atomic E-state index is 8.65. The van der Waals surface area contributed by atoms with E-state index < -0.39 is 0 Å². The van der Waals surface area contributed by atoms with Crippen LogP contribution in [0.25, 0.3) is 0 Å². The predicted octanol–water partition coefficient (Wildman–Crippen LogP) is 3.39. The van der Waals surface area contributed by atoms with Crippen molar-refractivity contribution in [2.75, 3.05) is 0 Å². The normalized spacial score (nSPS) is 9.27. The molecule has 11 heavy (non-hydrogen) atoms. The largest absolute Gasteiger partial charge is 0.192 e. The Bertz CT molecular complexity index is 326. The van der Waals surface area contributed by atoms with Crippen molar-refractivity contribution in [1.82, 2.24) is 0 Å². The molecule has 1 aromatic carbocycles. The lowest BCUT2D eigenvalue weighted by Crippen LogP contribution is -1.83. The molecule has 0 spiro atoms. The van der Waals surface area contributed by atoms with Crippen molar-refractivity contribution >= 4 is 31.9 Å². The fourth-order valence-electron chi connectivity index (χ4n) is 0.773. The van der Waals surface area contributed by atoms with Gasteiger partial charge in [-0.15, -0.1) is 0 Å². The van der Waals surface area contributed by atoms with Gasteiger partial charge in [-0.05, 0) is 56.5 Å². The van der Waals surface area contributed by atoms with Gasteiger partial charge in [-0.2, -0.15) is 5.26 Å². The molecule has 0 unspecified atom stereocenters. The summed E-state index contributed by atoms with van der Waals surface area (Å²) in [7, 11) is 0. The number of hydrogen-bond donors (Lipinski definition) is 0. The summed E-state index contributed by atoms with van der Waals surface area (Å²) < 4.78 is 1.94. The van der Waals surface area contributed by atoms with E-state index in [1.165, 1.54) is 0 Å². The van der Waals surface area contributed by atoms with Crippen LogP contribution in [0.15, 0.2) is 21.1 Å². The Hall–Kier alpha value is -0.330. The van der Waals surface area contributed by atoms with Gasteiger partial charge in [-0.1, -0.05) is 0 Å². The number of halogens is 2. The third-order valence-corrected chi connectivity index (χ3v) is 3.67. The van der Waals surface area contributed by atoms with Gasteiger partial charge in [0.2, 0.25) is 0 Å². The van der Waals surface area contributed by atoms with Crippen LogP contribution in [-0.2, 0) is 0 Å². The van der Waals surface area contributed by atoms with Crippen molar-refractivity contribution in [3.63, 3.8) is 0 Å². The van der Waals surface area contributed by atoms with Crippen LogP contribution in [0.4, 0.5) is 0 Å². The maximum absolute atomic E-state index is 8.65. The highest BCUT2D eigenvalue weighted by atomic mass is 79.9. The molecular weight excluding hydrogens is 270 g/mol. The van der Waals surface area contributed by atoms with Crippen molar-refractivity contribution in [1.29, 1.82) is 5.26 Å². The van der Waals surface area contributed by atoms with E-state index in [9.17, 15) is 0 Å². The van der Waals surface area contributed by atoms with Crippen LogP contribution in [0, 0.1) is 18.3 Å². The lowest BCUT2D eigenvalue weighted by atomic mass is 10.1. The Labute approximate surface area is 82.3 Å². The van der Waals surface area contributed by atoms with E-state index in [0.29, 0.717) is 5.56 Å². The number of nitrogens with zero attached hydrogens (tertiary/aromatic N) is 1. The molecule has 1 rings (SSSR count). The second kappa shape index (κ2) is 3.38. The van der Waals surface area contributed by atoms with Crippen LogP contribution in [0.3, 0.4) is 0 Å². The molecule has 0 bridgehead atoms. The summed E-state index contributed by atoms with van der Waals surface area (Å²) >= 11 is 6.73. The second-order valence-corrected chi connectivity index (χ2v) is 3.79. The molecule has 1 aromatic rings. The minimum atomic E-state index is 0.708. The summed E-state index contributed by atoms with van der Waals surface area (Å²) in [5.41, 5.74) is 1.68. The van der Waals surface area contributed by atoms with Gasteiger partial charge in [0.1, 0.15) is 0 Å². The fraction of sp³-hybridized carbons (Fsp3) is 0.125. The standard InChI is InChI=1S/C8H5Br2N/c1-5-6(4-11)2-3-7(9)8(5)10/h2-3H,1H3. The minimum Gasteiger partial charge on any atom is -0.192 e. The molecule has 0 N–H and O–H groups in total. The highest BCUT2D eigenvalue weighted by Crippen LogP contribution is 2.28. The van der Waals surface area contributed by atoms with E-state index in [-0.39, 0.29) is 0 Å². The zero-order chi connectivity index (χ0) is 8.43. The zero-order valence-electron chi connectivity index (χ0n) is 5.86. The van der Waals surface area contributed by atoms with E-state index >= 15 is 0 Å². The first-order valence-corrected chi connectivity index (χ1v) is 4.60. The van der Waals surface area contributed by atoms with Gasteiger partial charge < -0.3 is 0 Å². The van der Waals surface area contributed by atoms with E-state index in [0.717, 1.165) is 14.5 Å². The van der Waals surface area contributed by atoms with E-state index in [4.69, 9.17) is 5.26 Å². The zero-order valence-corrected chi connectivity index (χ0v) is 9.03. The van der Waals surface area contributed by atoms with Gasteiger partial charge in [0.15, 0.2) is 0 Å². The highest BCUT2D eigenvalue weighted by molar-refractivity contribution is 9.13. The monoisotopic (exact) mass is 273 g/mol. The molecule has 0 heterocycles. The molecule has 0 fully saturated rings. The third kappa shape index (κ3) is 1.63. The first-order chi connectivity index (χ1) is 5.16. The van der Waals surface area contributed by atoms with Crippen molar-refractivity contribution in [2.24, 2.45) is 0 Å². The van der Waals surface area contributed by atoms with Crippen molar-refractivity contribution in [3.05, 3.63) is 32.2 Å². The SMILES string of the molecule is Cc1c(C#N)ccc(Br)c1Br. The average molecular weight is 275 g/mol. The summed E-state index contributed by atoms with van der Waals surface area (Å²) in [6.07, 6.45) is 0. The van der Waals surface area contributed by atoms with Crippen molar-refractivity contribution < 1.29 is 0 Å². The Morgan fingerprint density at radius 1 is 1.36 bits per heavy atom. The molecule has 3 heteroatoms. The van der Waals surface area contributed by atoms with Gasteiger partial charge in [-0.25, -0.2) is 0 Å². The smallest absolute Gasteiger partial charge is 0.0994 e. The molecule has 0 aliphatic carbocycles. The molecule has 0 atom stereocenters. The lowest BCUT2D eigenvalue weighted by molar-refractivity contribution is 1.35. The van der Waals surface area contributed by atoms with Gasteiger partial charge in [0, 0.05) is 8.95 Å². The van der Waals surface area contributed by atoms with Gasteiger partial charge >= 0.3 is 0 Å². The molecular formula is C8H5Br2N. The van der Waals surface area contributed by atoms with Crippen molar-refractivity contribution in [3.8, 4) is 6.07 Å². The summed E-state index contributed by atoms with van der Waals surface area (Å²) in [6.45, 7) is 1.91. The Balaban J connectivity index is 3.40. The second-order valence-electron chi connectivity index (χ2n) is 2.15. The fourth-order valence-corrected chi connectivity index (χ4v) is 1.55. The van der Waals surface area contributed by atoms with E-state index in [1.807, 2.05) is 13.0 Å². The number of rotatable bonds is 0. The summed E-state index contributed by atoms with van der Waals surface area (Å²) in [6, 6.07) is 5.77. The molecule has 0 aliphatic heterocycles. The van der Waals surface area contributed by atoms with Crippen LogP contribution in [0.1, 0.15) is 11.1 Å². The average Bonchev–Trinajstić information content (AvgIpc) is 2.01. The third-order valence-electron chi connectivity index (χ3n) is 1.46. The van der Waals surface area contributed by atoms with E-state index in [1.54, 1.807) is 6.07 Å². The number of benzene rings is 1. The van der Waals surface area contributed by atoms with Crippen LogP contribution < -0.4 is 0 Å². The number of nitriles is 1. The van der Waals surface area contributed by atoms with Crippen LogP contribution in [0.2, 0.25) is 0 Å². The summed E-state index contributed by atoms with van der Waals surface area (Å²) in [4.78, 5) is 0. The Morgan fingerprint density at radius 2 is 2.00 bits per heavy atom. The van der Waals surface area contributed by atoms with Gasteiger partial charge in [0.05, 0.1) is 11.6 Å². The predicted molar refractivity (Wildman–Crippen MR) is 51.3 cm³/mol. The first kappa shape index (κ1) is 8.76. The van der Waals surface area contributed by atoms with Crippen LogP contribution in [-0.4, -0.2) is 0 Å². The highest BCUT2D eigenvalue weighted by Gasteiger charge is 2.03. The molecule has 0 radical (unpaired) electrons. The molecule has 0 saturated carbocycles. The lowest BCUT2D eigenvalue weighted by Gasteiger charge is -2.01. The van der Waals surface area contributed by atoms with E-state index in [2.05, 4.69) is 37.9 Å². The summed E-state index contributed by atoms with van der Waals surface area (Å²) in [5.74, 6) is 0. The van der Waals surface area contributed by atoms with Crippen molar-refractivity contribution in [2.45, 2.75) is 6.92 Å². The summed E-state index contributed by atoms with van der Waals surface area (Å²) in [5, 5.41) is 8.65. The Morgan fingerprint density at radius 3 is 2.55 bits per heavy atom. The quantitative estimate of drug-likeness (QED) is 0.711. The Kier molecular flexibility index (Phi) is 2.69. The molecule has 0 aliphatic rings. The number of hydrogen-bond acceptors (Lipinski definition) is 1. The van der Waals surface area contributed by atoms with Gasteiger partial charge in [-0.3, -0.25) is 0 Å².